The molecular weight excluding hydrogens is 419 g/mol. The third kappa shape index (κ3) is 5.61. The van der Waals surface area contributed by atoms with Gasteiger partial charge in [-0.1, -0.05) is 13.8 Å². The summed E-state index contributed by atoms with van der Waals surface area (Å²) in [6.45, 7) is 4.90. The summed E-state index contributed by atoms with van der Waals surface area (Å²) in [5, 5.41) is 0. The van der Waals surface area contributed by atoms with Crippen molar-refractivity contribution in [1.82, 2.24) is 0 Å². The molecule has 0 amide bonds. The van der Waals surface area contributed by atoms with Crippen LogP contribution in [0.25, 0.3) is 0 Å². The van der Waals surface area contributed by atoms with Crippen molar-refractivity contribution in [3.63, 3.8) is 0 Å². The molecule has 0 aromatic heterocycles. The SMILES string of the molecule is CC(C)CCCOc1c(Br)cc(S(=O)(=O)Cl)cc1Br. The Labute approximate surface area is 135 Å². The molecule has 0 saturated carbocycles. The van der Waals surface area contributed by atoms with Crippen LogP contribution >= 0.6 is 42.5 Å². The van der Waals surface area contributed by atoms with Crippen molar-refractivity contribution >= 4 is 51.6 Å². The molecule has 19 heavy (non-hydrogen) atoms. The van der Waals surface area contributed by atoms with E-state index in [2.05, 4.69) is 45.7 Å². The zero-order chi connectivity index (χ0) is 14.6. The van der Waals surface area contributed by atoms with Gasteiger partial charge in [-0.05, 0) is 62.8 Å². The highest BCUT2D eigenvalue weighted by Gasteiger charge is 2.16. The Morgan fingerprint density at radius 1 is 1.26 bits per heavy atom. The fraction of sp³-hybridized carbons (Fsp3) is 0.500. The van der Waals surface area contributed by atoms with Gasteiger partial charge in [0.15, 0.2) is 0 Å². The largest absolute Gasteiger partial charge is 0.491 e. The normalized spacial score (nSPS) is 11.9. The first kappa shape index (κ1) is 17.3. The Hall–Kier alpha value is 0.220. The van der Waals surface area contributed by atoms with E-state index in [0.29, 0.717) is 27.2 Å². The number of halogens is 3. The molecule has 0 heterocycles. The van der Waals surface area contributed by atoms with Crippen molar-refractivity contribution in [2.75, 3.05) is 6.61 Å². The molecule has 0 atom stereocenters. The van der Waals surface area contributed by atoms with Crippen LogP contribution in [0.3, 0.4) is 0 Å². The van der Waals surface area contributed by atoms with Gasteiger partial charge in [-0.25, -0.2) is 8.42 Å². The van der Waals surface area contributed by atoms with Crippen LogP contribution in [0.4, 0.5) is 0 Å². The van der Waals surface area contributed by atoms with Gasteiger partial charge >= 0.3 is 0 Å². The molecule has 0 saturated heterocycles. The predicted octanol–water partition coefficient (Wildman–Crippen LogP) is 4.95. The molecule has 0 bridgehead atoms. The third-order valence-electron chi connectivity index (χ3n) is 2.43. The smallest absolute Gasteiger partial charge is 0.261 e. The van der Waals surface area contributed by atoms with Gasteiger partial charge in [-0.3, -0.25) is 0 Å². The van der Waals surface area contributed by atoms with Gasteiger partial charge in [-0.15, -0.1) is 0 Å². The molecule has 1 rings (SSSR count). The minimum atomic E-state index is -3.74. The fourth-order valence-corrected chi connectivity index (χ4v) is 3.98. The average molecular weight is 435 g/mol. The molecule has 0 aliphatic carbocycles. The highest BCUT2D eigenvalue weighted by Crippen LogP contribution is 2.37. The van der Waals surface area contributed by atoms with Crippen molar-refractivity contribution in [3.8, 4) is 5.75 Å². The van der Waals surface area contributed by atoms with Crippen molar-refractivity contribution in [3.05, 3.63) is 21.1 Å². The Bertz CT molecular complexity index is 521. The lowest BCUT2D eigenvalue weighted by Gasteiger charge is -2.12. The zero-order valence-electron chi connectivity index (χ0n) is 10.6. The molecule has 0 unspecified atom stereocenters. The Morgan fingerprint density at radius 3 is 2.21 bits per heavy atom. The van der Waals surface area contributed by atoms with Crippen LogP contribution in [-0.4, -0.2) is 15.0 Å². The summed E-state index contributed by atoms with van der Waals surface area (Å²) in [5.41, 5.74) is 0. The van der Waals surface area contributed by atoms with E-state index in [1.54, 1.807) is 0 Å². The van der Waals surface area contributed by atoms with E-state index < -0.39 is 9.05 Å². The molecule has 0 fully saturated rings. The summed E-state index contributed by atoms with van der Waals surface area (Å²) < 4.78 is 29.3. The fourth-order valence-electron chi connectivity index (χ4n) is 1.48. The van der Waals surface area contributed by atoms with Gasteiger partial charge < -0.3 is 4.74 Å². The van der Waals surface area contributed by atoms with E-state index in [4.69, 9.17) is 15.4 Å². The highest BCUT2D eigenvalue weighted by atomic mass is 79.9. The highest BCUT2D eigenvalue weighted by molar-refractivity contribution is 9.11. The molecule has 108 valence electrons. The zero-order valence-corrected chi connectivity index (χ0v) is 15.4. The molecule has 3 nitrogen and oxygen atoms in total. The number of benzene rings is 1. The summed E-state index contributed by atoms with van der Waals surface area (Å²) in [6, 6.07) is 2.87. The quantitative estimate of drug-likeness (QED) is 0.470. The minimum absolute atomic E-state index is 0.0300. The van der Waals surface area contributed by atoms with Crippen molar-refractivity contribution in [2.45, 2.75) is 31.6 Å². The number of ether oxygens (including phenoxy) is 1. The number of hydrogen-bond donors (Lipinski definition) is 0. The first-order chi connectivity index (χ1) is 8.71. The molecule has 0 aliphatic rings. The van der Waals surface area contributed by atoms with Crippen molar-refractivity contribution in [1.29, 1.82) is 0 Å². The van der Waals surface area contributed by atoms with Gasteiger partial charge in [0.25, 0.3) is 9.05 Å². The van der Waals surface area contributed by atoms with Crippen LogP contribution < -0.4 is 4.74 Å². The molecule has 0 N–H and O–H groups in total. The summed E-state index contributed by atoms with van der Waals surface area (Å²) in [6.07, 6.45) is 2.04. The first-order valence-corrected chi connectivity index (χ1v) is 9.68. The molecule has 1 aromatic rings. The van der Waals surface area contributed by atoms with E-state index in [0.717, 1.165) is 12.8 Å². The summed E-state index contributed by atoms with van der Waals surface area (Å²) >= 11 is 6.59. The molecule has 1 aromatic carbocycles. The maximum Gasteiger partial charge on any atom is 0.261 e. The maximum atomic E-state index is 11.3. The first-order valence-electron chi connectivity index (χ1n) is 5.78. The molecule has 0 spiro atoms. The second kappa shape index (κ2) is 7.29. The predicted molar refractivity (Wildman–Crippen MR) is 84.4 cm³/mol. The van der Waals surface area contributed by atoms with E-state index in [-0.39, 0.29) is 4.90 Å². The van der Waals surface area contributed by atoms with Gasteiger partial charge in [0.1, 0.15) is 5.75 Å². The molecule has 0 radical (unpaired) electrons. The Kier molecular flexibility index (Phi) is 6.63. The summed E-state index contributed by atoms with van der Waals surface area (Å²) in [7, 11) is 1.56. The lowest BCUT2D eigenvalue weighted by molar-refractivity contribution is 0.294. The van der Waals surface area contributed by atoms with E-state index in [1.165, 1.54) is 12.1 Å². The van der Waals surface area contributed by atoms with Crippen LogP contribution in [-0.2, 0) is 9.05 Å². The summed E-state index contributed by atoms with van der Waals surface area (Å²) in [4.78, 5) is 0.0300. The molecular formula is C12H15Br2ClO3S. The van der Waals surface area contributed by atoms with Crippen molar-refractivity contribution < 1.29 is 13.2 Å². The molecule has 0 aliphatic heterocycles. The van der Waals surface area contributed by atoms with E-state index in [9.17, 15) is 8.42 Å². The topological polar surface area (TPSA) is 43.4 Å². The molecule has 7 heteroatoms. The lowest BCUT2D eigenvalue weighted by Crippen LogP contribution is -2.01. The Balaban J connectivity index is 2.81. The second-order valence-corrected chi connectivity index (χ2v) is 8.81. The van der Waals surface area contributed by atoms with Crippen LogP contribution in [0.2, 0.25) is 0 Å². The number of hydrogen-bond acceptors (Lipinski definition) is 3. The van der Waals surface area contributed by atoms with Gasteiger partial charge in [0, 0.05) is 10.7 Å². The van der Waals surface area contributed by atoms with E-state index >= 15 is 0 Å². The second-order valence-electron chi connectivity index (χ2n) is 4.54. The number of rotatable bonds is 6. The van der Waals surface area contributed by atoms with Crippen LogP contribution in [0.5, 0.6) is 5.75 Å². The van der Waals surface area contributed by atoms with Crippen molar-refractivity contribution in [2.24, 2.45) is 5.92 Å². The Morgan fingerprint density at radius 2 is 1.79 bits per heavy atom. The lowest BCUT2D eigenvalue weighted by atomic mass is 10.1. The monoisotopic (exact) mass is 432 g/mol. The summed E-state index contributed by atoms with van der Waals surface area (Å²) in [5.74, 6) is 1.23. The maximum absolute atomic E-state index is 11.3. The van der Waals surface area contributed by atoms with Crippen LogP contribution in [0.15, 0.2) is 26.0 Å². The average Bonchev–Trinajstić information content (AvgIpc) is 2.25. The van der Waals surface area contributed by atoms with E-state index in [1.807, 2.05) is 0 Å². The van der Waals surface area contributed by atoms with Gasteiger partial charge in [-0.2, -0.15) is 0 Å². The van der Waals surface area contributed by atoms with Gasteiger partial charge in [0.05, 0.1) is 20.4 Å². The van der Waals surface area contributed by atoms with Crippen LogP contribution in [0, 0.1) is 5.92 Å². The third-order valence-corrected chi connectivity index (χ3v) is 4.94. The van der Waals surface area contributed by atoms with Gasteiger partial charge in [0.2, 0.25) is 0 Å². The standard InChI is InChI=1S/C12H15Br2ClO3S/c1-8(2)4-3-5-18-12-10(13)6-9(7-11(12)14)19(15,16)17/h6-8H,3-5H2,1-2H3. The minimum Gasteiger partial charge on any atom is -0.491 e. The van der Waals surface area contributed by atoms with Crippen LogP contribution in [0.1, 0.15) is 26.7 Å².